The van der Waals surface area contributed by atoms with E-state index >= 15 is 0 Å². The fourth-order valence-corrected chi connectivity index (χ4v) is 2.06. The Hall–Kier alpha value is -0.140. The smallest absolute Gasteiger partial charge is 0.207 e. The van der Waals surface area contributed by atoms with Gasteiger partial charge in [-0.25, -0.2) is 8.78 Å². The van der Waals surface area contributed by atoms with Crippen LogP contribution in [0, 0.1) is 11.8 Å². The van der Waals surface area contributed by atoms with Crippen molar-refractivity contribution in [3.63, 3.8) is 0 Å². The second-order valence-corrected chi connectivity index (χ2v) is 4.50. The van der Waals surface area contributed by atoms with Crippen molar-refractivity contribution in [2.45, 2.75) is 65.7 Å². The molecule has 0 N–H and O–H groups in total. The molecule has 0 nitrogen and oxygen atoms in total. The van der Waals surface area contributed by atoms with Crippen molar-refractivity contribution in [2.75, 3.05) is 0 Å². The van der Waals surface area contributed by atoms with E-state index in [1.165, 1.54) is 6.42 Å². The zero-order valence-electron chi connectivity index (χ0n) is 9.95. The van der Waals surface area contributed by atoms with Crippen molar-refractivity contribution in [1.82, 2.24) is 0 Å². The van der Waals surface area contributed by atoms with Crippen LogP contribution in [-0.4, -0.2) is 5.92 Å². The Bertz CT molecular complexity index is 143. The second kappa shape index (κ2) is 6.36. The summed E-state index contributed by atoms with van der Waals surface area (Å²) in [5.74, 6) is -1.86. The van der Waals surface area contributed by atoms with Crippen LogP contribution >= 0.6 is 0 Å². The molecule has 1 fully saturated rings. The van der Waals surface area contributed by atoms with Crippen LogP contribution in [0.4, 0.5) is 8.78 Å². The lowest BCUT2D eigenvalue weighted by atomic mass is 9.94. The van der Waals surface area contributed by atoms with Gasteiger partial charge in [0.25, 0.3) is 0 Å². The van der Waals surface area contributed by atoms with E-state index in [4.69, 9.17) is 0 Å². The zero-order valence-corrected chi connectivity index (χ0v) is 9.95. The molecule has 0 aromatic heterocycles. The van der Waals surface area contributed by atoms with E-state index in [2.05, 4.69) is 20.8 Å². The molecular formula is C12H24F2. The number of rotatable bonds is 2. The molecule has 1 aliphatic rings. The molecule has 0 amide bonds. The van der Waals surface area contributed by atoms with Gasteiger partial charge in [0.15, 0.2) is 0 Å². The van der Waals surface area contributed by atoms with Gasteiger partial charge >= 0.3 is 0 Å². The van der Waals surface area contributed by atoms with Gasteiger partial charge in [0.2, 0.25) is 5.92 Å². The molecule has 2 heteroatoms. The maximum atomic E-state index is 12.8. The molecule has 0 radical (unpaired) electrons. The molecule has 1 saturated carbocycles. The van der Waals surface area contributed by atoms with Crippen LogP contribution in [-0.2, 0) is 0 Å². The predicted octanol–water partition coefficient (Wildman–Crippen LogP) is 4.88. The molecule has 14 heavy (non-hydrogen) atoms. The Morgan fingerprint density at radius 2 is 1.64 bits per heavy atom. The summed E-state index contributed by atoms with van der Waals surface area (Å²) in [7, 11) is 0. The summed E-state index contributed by atoms with van der Waals surface area (Å²) in [6.07, 6.45) is 3.49. The average Bonchev–Trinajstić information content (AvgIpc) is 2.27. The van der Waals surface area contributed by atoms with Crippen molar-refractivity contribution in [2.24, 2.45) is 11.8 Å². The third-order valence-corrected chi connectivity index (χ3v) is 2.65. The highest BCUT2D eigenvalue weighted by molar-refractivity contribution is 4.85. The van der Waals surface area contributed by atoms with E-state index < -0.39 is 5.92 Å². The number of hydrogen-bond acceptors (Lipinski definition) is 0. The molecule has 0 bridgehead atoms. The van der Waals surface area contributed by atoms with Crippen molar-refractivity contribution in [3.05, 3.63) is 0 Å². The van der Waals surface area contributed by atoms with Gasteiger partial charge in [0, 0.05) is 12.8 Å². The van der Waals surface area contributed by atoms with E-state index in [1.807, 2.05) is 6.92 Å². The highest BCUT2D eigenvalue weighted by Crippen LogP contribution is 2.44. The number of alkyl halides is 2. The monoisotopic (exact) mass is 206 g/mol. The van der Waals surface area contributed by atoms with E-state index in [-0.39, 0.29) is 24.7 Å². The van der Waals surface area contributed by atoms with Gasteiger partial charge < -0.3 is 0 Å². The largest absolute Gasteiger partial charge is 0.248 e. The van der Waals surface area contributed by atoms with Crippen LogP contribution in [0.15, 0.2) is 0 Å². The molecule has 1 rings (SSSR count). The molecule has 1 aliphatic carbocycles. The van der Waals surface area contributed by atoms with Crippen molar-refractivity contribution in [1.29, 1.82) is 0 Å². The van der Waals surface area contributed by atoms with E-state index in [0.29, 0.717) is 0 Å². The maximum Gasteiger partial charge on any atom is 0.248 e. The first-order valence-electron chi connectivity index (χ1n) is 5.84. The molecule has 0 aromatic carbocycles. The van der Waals surface area contributed by atoms with Crippen LogP contribution in [0.25, 0.3) is 0 Å². The van der Waals surface area contributed by atoms with Crippen molar-refractivity contribution in [3.8, 4) is 0 Å². The molecule has 2 unspecified atom stereocenters. The van der Waals surface area contributed by atoms with Crippen LogP contribution in [0.2, 0.25) is 0 Å². The van der Waals surface area contributed by atoms with E-state index in [9.17, 15) is 8.78 Å². The summed E-state index contributed by atoms with van der Waals surface area (Å²) >= 11 is 0. The third kappa shape index (κ3) is 4.92. The fourth-order valence-electron chi connectivity index (χ4n) is 2.06. The molecule has 0 aromatic rings. The van der Waals surface area contributed by atoms with Crippen molar-refractivity contribution < 1.29 is 8.78 Å². The first-order valence-corrected chi connectivity index (χ1v) is 5.84. The van der Waals surface area contributed by atoms with Gasteiger partial charge in [-0.2, -0.15) is 0 Å². The topological polar surface area (TPSA) is 0 Å². The molecule has 0 heterocycles. The van der Waals surface area contributed by atoms with Gasteiger partial charge in [-0.05, 0) is 11.8 Å². The van der Waals surface area contributed by atoms with E-state index in [1.54, 1.807) is 0 Å². The molecule has 0 aliphatic heterocycles. The molecular weight excluding hydrogens is 182 g/mol. The summed E-state index contributed by atoms with van der Waals surface area (Å²) in [5, 5.41) is 0. The standard InChI is InChI=1S/C9H16F2.C3H8/c1-3-4-8-6-9(10,11)5-7(8)2;1-3-2/h7-8H,3-6H2,1-2H3;3H2,1-2H3. The third-order valence-electron chi connectivity index (χ3n) is 2.65. The second-order valence-electron chi connectivity index (χ2n) is 4.50. The highest BCUT2D eigenvalue weighted by Gasteiger charge is 2.43. The van der Waals surface area contributed by atoms with Crippen LogP contribution in [0.1, 0.15) is 59.8 Å². The SMILES string of the molecule is CCC.CCCC1CC(F)(F)CC1C. The van der Waals surface area contributed by atoms with Gasteiger partial charge in [0.05, 0.1) is 0 Å². The Kier molecular flexibility index (Phi) is 6.30. The minimum absolute atomic E-state index is 0.109. The van der Waals surface area contributed by atoms with Gasteiger partial charge in [-0.3, -0.25) is 0 Å². The molecule has 2 atom stereocenters. The summed E-state index contributed by atoms with van der Waals surface area (Å²) in [5.41, 5.74) is 0. The van der Waals surface area contributed by atoms with Crippen LogP contribution in [0.3, 0.4) is 0 Å². The Balaban J connectivity index is 0.000000500. The molecule has 86 valence electrons. The summed E-state index contributed by atoms with van der Waals surface area (Å²) in [6.45, 7) is 8.25. The predicted molar refractivity (Wildman–Crippen MR) is 57.7 cm³/mol. The van der Waals surface area contributed by atoms with Crippen LogP contribution in [0.5, 0.6) is 0 Å². The summed E-state index contributed by atoms with van der Waals surface area (Å²) < 4.78 is 25.5. The molecule has 0 spiro atoms. The number of halogens is 2. The van der Waals surface area contributed by atoms with Gasteiger partial charge in [-0.1, -0.05) is 47.0 Å². The number of hydrogen-bond donors (Lipinski definition) is 0. The fraction of sp³-hybridized carbons (Fsp3) is 1.00. The van der Waals surface area contributed by atoms with Gasteiger partial charge in [0.1, 0.15) is 0 Å². The normalized spacial score (nSPS) is 29.6. The first kappa shape index (κ1) is 13.9. The Morgan fingerprint density at radius 3 is 1.93 bits per heavy atom. The summed E-state index contributed by atoms with van der Waals surface area (Å²) in [6, 6.07) is 0. The zero-order chi connectivity index (χ0) is 11.2. The lowest BCUT2D eigenvalue weighted by Gasteiger charge is -2.11. The average molecular weight is 206 g/mol. The minimum atomic E-state index is -2.36. The quantitative estimate of drug-likeness (QED) is 0.603. The van der Waals surface area contributed by atoms with Crippen molar-refractivity contribution >= 4 is 0 Å². The first-order chi connectivity index (χ1) is 6.46. The Morgan fingerprint density at radius 1 is 1.14 bits per heavy atom. The lowest BCUT2D eigenvalue weighted by Crippen LogP contribution is -2.09. The molecule has 0 saturated heterocycles. The van der Waals surface area contributed by atoms with Crippen LogP contribution < -0.4 is 0 Å². The Labute approximate surface area is 87.1 Å². The summed E-state index contributed by atoms with van der Waals surface area (Å²) in [4.78, 5) is 0. The van der Waals surface area contributed by atoms with Gasteiger partial charge in [-0.15, -0.1) is 0 Å². The highest BCUT2D eigenvalue weighted by atomic mass is 19.3. The lowest BCUT2D eigenvalue weighted by molar-refractivity contribution is 0.00267. The van der Waals surface area contributed by atoms with E-state index in [0.717, 1.165) is 12.8 Å². The minimum Gasteiger partial charge on any atom is -0.207 e. The maximum absolute atomic E-state index is 12.8.